The number of carbonyl (C=O) groups excluding carboxylic acids is 1. The van der Waals surface area contributed by atoms with E-state index < -0.39 is 11.7 Å². The zero-order valence-electron chi connectivity index (χ0n) is 19.3. The maximum atomic E-state index is 13.5. The summed E-state index contributed by atoms with van der Waals surface area (Å²) in [5, 5.41) is 6.16. The largest absolute Gasteiger partial charge is 0.421 e. The van der Waals surface area contributed by atoms with E-state index in [1.807, 2.05) is 0 Å². The van der Waals surface area contributed by atoms with E-state index in [1.54, 1.807) is 4.90 Å². The molecule has 2 saturated heterocycles. The quantitative estimate of drug-likeness (QED) is 0.549. The Morgan fingerprint density at radius 1 is 1.12 bits per heavy atom. The summed E-state index contributed by atoms with van der Waals surface area (Å²) in [4.78, 5) is 21.9. The van der Waals surface area contributed by atoms with E-state index in [1.165, 1.54) is 0 Å². The number of rotatable bonds is 8. The van der Waals surface area contributed by atoms with Gasteiger partial charge in [-0.1, -0.05) is 0 Å². The van der Waals surface area contributed by atoms with Crippen molar-refractivity contribution in [1.82, 2.24) is 14.9 Å². The minimum absolute atomic E-state index is 0.0130. The molecule has 3 aliphatic carbocycles. The molecular weight excluding hydrogens is 451 g/mol. The molecule has 34 heavy (non-hydrogen) atoms. The fourth-order valence-corrected chi connectivity index (χ4v) is 6.20. The number of alkyl halides is 3. The normalized spacial score (nSPS) is 29.7. The second kappa shape index (κ2) is 9.14. The third-order valence-electron chi connectivity index (χ3n) is 7.85. The standard InChI is InChI=1S/C23H32F3N5O3/c24-23(25,26)17-12-28-20(30-22-13-21(14-22,15-22)16-2-8-33-9-3-16)29-19(17)27-5-1-6-31-7-11-34-10-4-18(31)32/h12,16H,1-11,13-15H2,(H2,27,28,29,30). The molecule has 5 aliphatic rings. The molecule has 2 N–H and O–H groups in total. The van der Waals surface area contributed by atoms with Crippen LogP contribution in [0.5, 0.6) is 0 Å². The minimum Gasteiger partial charge on any atom is -0.381 e. The average molecular weight is 484 g/mol. The molecule has 1 amide bonds. The first kappa shape index (κ1) is 23.6. The number of aromatic nitrogens is 2. The summed E-state index contributed by atoms with van der Waals surface area (Å²) >= 11 is 0. The highest BCUT2D eigenvalue weighted by Gasteiger charge is 2.70. The molecule has 0 unspecified atom stereocenters. The maximum Gasteiger partial charge on any atom is 0.421 e. The minimum atomic E-state index is -4.55. The highest BCUT2D eigenvalue weighted by Crippen LogP contribution is 2.72. The summed E-state index contributed by atoms with van der Waals surface area (Å²) in [7, 11) is 0. The van der Waals surface area contributed by atoms with Gasteiger partial charge in [0.25, 0.3) is 0 Å². The molecule has 8 nitrogen and oxygen atoms in total. The van der Waals surface area contributed by atoms with Crippen LogP contribution in [0, 0.1) is 11.3 Å². The molecule has 6 rings (SSSR count). The Morgan fingerprint density at radius 2 is 1.85 bits per heavy atom. The van der Waals surface area contributed by atoms with Crippen LogP contribution < -0.4 is 10.6 Å². The van der Waals surface area contributed by atoms with Gasteiger partial charge in [0.2, 0.25) is 11.9 Å². The Morgan fingerprint density at radius 3 is 2.59 bits per heavy atom. The summed E-state index contributed by atoms with van der Waals surface area (Å²) < 4.78 is 51.4. The smallest absolute Gasteiger partial charge is 0.381 e. The van der Waals surface area contributed by atoms with Gasteiger partial charge in [-0.3, -0.25) is 4.79 Å². The topological polar surface area (TPSA) is 88.6 Å². The number of nitrogens with one attached hydrogen (secondary N) is 2. The van der Waals surface area contributed by atoms with Gasteiger partial charge in [-0.05, 0) is 49.9 Å². The second-order valence-electron chi connectivity index (χ2n) is 10.2. The van der Waals surface area contributed by atoms with E-state index in [4.69, 9.17) is 9.47 Å². The van der Waals surface area contributed by atoms with Gasteiger partial charge in [0.1, 0.15) is 11.4 Å². The summed E-state index contributed by atoms with van der Waals surface area (Å²) in [5.74, 6) is 0.703. The molecule has 0 atom stereocenters. The van der Waals surface area contributed by atoms with Crippen molar-refractivity contribution >= 4 is 17.7 Å². The van der Waals surface area contributed by atoms with Gasteiger partial charge in [0.15, 0.2) is 0 Å². The van der Waals surface area contributed by atoms with Crippen LogP contribution in [0.2, 0.25) is 0 Å². The Labute approximate surface area is 197 Å². The van der Waals surface area contributed by atoms with Crippen molar-refractivity contribution < 1.29 is 27.4 Å². The monoisotopic (exact) mass is 483 g/mol. The first-order valence-corrected chi connectivity index (χ1v) is 12.2. The highest BCUT2D eigenvalue weighted by molar-refractivity contribution is 5.76. The highest BCUT2D eigenvalue weighted by atomic mass is 19.4. The zero-order chi connectivity index (χ0) is 23.8. The van der Waals surface area contributed by atoms with Crippen LogP contribution in [0.15, 0.2) is 6.20 Å². The first-order valence-electron chi connectivity index (χ1n) is 12.2. The number of hydrogen-bond donors (Lipinski definition) is 2. The molecule has 1 aromatic heterocycles. The number of ether oxygens (including phenoxy) is 2. The Bertz CT molecular complexity index is 887. The molecule has 188 valence electrons. The van der Waals surface area contributed by atoms with Gasteiger partial charge in [0, 0.05) is 44.6 Å². The molecule has 3 heterocycles. The summed E-state index contributed by atoms with van der Waals surface area (Å²) in [6.45, 7) is 3.78. The molecule has 0 radical (unpaired) electrons. The Balaban J connectivity index is 1.18. The third kappa shape index (κ3) is 4.68. The van der Waals surface area contributed by atoms with Crippen molar-refractivity contribution in [2.24, 2.45) is 11.3 Å². The van der Waals surface area contributed by atoms with Crippen LogP contribution in [0.1, 0.15) is 50.5 Å². The fourth-order valence-electron chi connectivity index (χ4n) is 6.20. The number of nitrogens with zero attached hydrogens (tertiary/aromatic N) is 3. The number of anilines is 2. The lowest BCUT2D eigenvalue weighted by atomic mass is 9.35. The number of halogens is 3. The van der Waals surface area contributed by atoms with E-state index in [2.05, 4.69) is 20.6 Å². The van der Waals surface area contributed by atoms with Crippen LogP contribution >= 0.6 is 0 Å². The van der Waals surface area contributed by atoms with Crippen molar-refractivity contribution in [2.45, 2.75) is 56.7 Å². The predicted octanol–water partition coefficient (Wildman–Crippen LogP) is 3.31. The van der Waals surface area contributed by atoms with E-state index in [-0.39, 0.29) is 29.8 Å². The lowest BCUT2D eigenvalue weighted by Crippen LogP contribution is -2.73. The number of amides is 1. The molecule has 3 saturated carbocycles. The van der Waals surface area contributed by atoms with Crippen molar-refractivity contribution in [3.8, 4) is 0 Å². The maximum absolute atomic E-state index is 13.5. The Kier molecular flexibility index (Phi) is 6.34. The van der Waals surface area contributed by atoms with E-state index >= 15 is 0 Å². The molecule has 2 bridgehead atoms. The Hall–Kier alpha value is -2.14. The molecular formula is C23H32F3N5O3. The number of hydrogen-bond acceptors (Lipinski definition) is 7. The summed E-state index contributed by atoms with van der Waals surface area (Å²) in [5.41, 5.74) is -0.613. The third-order valence-corrected chi connectivity index (χ3v) is 7.85. The molecule has 0 spiro atoms. The van der Waals surface area contributed by atoms with Crippen LogP contribution in [0.3, 0.4) is 0 Å². The molecule has 11 heteroatoms. The second-order valence-corrected chi connectivity index (χ2v) is 10.2. The van der Waals surface area contributed by atoms with Crippen LogP contribution in [0.4, 0.5) is 24.9 Å². The van der Waals surface area contributed by atoms with E-state index in [0.29, 0.717) is 50.5 Å². The molecule has 1 aromatic rings. The molecule has 5 fully saturated rings. The van der Waals surface area contributed by atoms with E-state index in [0.717, 1.165) is 51.5 Å². The van der Waals surface area contributed by atoms with Crippen molar-refractivity contribution in [3.63, 3.8) is 0 Å². The van der Waals surface area contributed by atoms with Crippen LogP contribution in [0.25, 0.3) is 0 Å². The van der Waals surface area contributed by atoms with Gasteiger partial charge in [-0.2, -0.15) is 18.2 Å². The lowest BCUT2D eigenvalue weighted by Gasteiger charge is -2.73. The van der Waals surface area contributed by atoms with Gasteiger partial charge in [-0.15, -0.1) is 0 Å². The van der Waals surface area contributed by atoms with E-state index in [9.17, 15) is 18.0 Å². The SMILES string of the molecule is O=C1CCOCCN1CCCNc1nc(NC23CC(C4CCOCC4)(C2)C3)ncc1C(F)(F)F. The fraction of sp³-hybridized carbons (Fsp3) is 0.783. The van der Waals surface area contributed by atoms with Gasteiger partial charge in [0.05, 0.1) is 19.6 Å². The van der Waals surface area contributed by atoms with Gasteiger partial charge in [-0.25, -0.2) is 4.98 Å². The first-order chi connectivity index (χ1) is 16.3. The summed E-state index contributed by atoms with van der Waals surface area (Å²) in [6.07, 6.45) is 2.39. The van der Waals surface area contributed by atoms with Gasteiger partial charge < -0.3 is 25.0 Å². The van der Waals surface area contributed by atoms with Crippen molar-refractivity contribution in [1.29, 1.82) is 0 Å². The van der Waals surface area contributed by atoms with Crippen LogP contribution in [-0.2, 0) is 20.4 Å². The van der Waals surface area contributed by atoms with Crippen molar-refractivity contribution in [2.75, 3.05) is 56.7 Å². The van der Waals surface area contributed by atoms with Crippen LogP contribution in [-0.4, -0.2) is 72.4 Å². The lowest BCUT2D eigenvalue weighted by molar-refractivity contribution is -0.178. The number of carbonyl (C=O) groups is 1. The summed E-state index contributed by atoms with van der Waals surface area (Å²) in [6, 6.07) is 0. The average Bonchev–Trinajstić information content (AvgIpc) is 2.96. The molecule has 2 aliphatic heterocycles. The molecule has 0 aromatic carbocycles. The van der Waals surface area contributed by atoms with Gasteiger partial charge >= 0.3 is 6.18 Å². The van der Waals surface area contributed by atoms with Crippen molar-refractivity contribution in [3.05, 3.63) is 11.8 Å². The zero-order valence-corrected chi connectivity index (χ0v) is 19.3. The predicted molar refractivity (Wildman–Crippen MR) is 118 cm³/mol.